The summed E-state index contributed by atoms with van der Waals surface area (Å²) < 4.78 is 2.92. The Kier molecular flexibility index (Phi) is 153. The summed E-state index contributed by atoms with van der Waals surface area (Å²) in [4.78, 5) is 0. The van der Waals surface area contributed by atoms with Gasteiger partial charge in [-0.25, -0.2) is 0 Å². The third-order valence-corrected chi connectivity index (χ3v) is 0. The van der Waals surface area contributed by atoms with Crippen molar-refractivity contribution in [3.05, 3.63) is 0 Å². The molecule has 0 aliphatic rings. The van der Waals surface area contributed by atoms with Crippen molar-refractivity contribution in [2.24, 2.45) is 0 Å². The molecule has 0 nitrogen and oxygen atoms in total. The largest absolute Gasteiger partial charge is 0.147 e. The Bertz CT molecular complexity index is 15.8. The first-order valence-electron chi connectivity index (χ1n) is 2.83. The monoisotopic (exact) mass is 400 g/mol. The second kappa shape index (κ2) is 46.1. The van der Waals surface area contributed by atoms with Gasteiger partial charge in [0.15, 0.2) is 0 Å². The van der Waals surface area contributed by atoms with Crippen molar-refractivity contribution in [1.29, 1.82) is 0 Å². The molecule has 0 aromatic heterocycles. The van der Waals surface area contributed by atoms with Gasteiger partial charge in [0.1, 0.15) is 0 Å². The molecule has 0 amide bonds. The average molecular weight is 401 g/mol. The van der Waals surface area contributed by atoms with Gasteiger partial charge in [-0.15, -0.1) is 37.2 Å². The Balaban J connectivity index is -0.00000000889. The summed E-state index contributed by atoms with van der Waals surface area (Å²) in [5.74, 6) is 0. The Morgan fingerprint density at radius 2 is 0.778 bits per heavy atom. The Morgan fingerprint density at radius 1 is 0.778 bits per heavy atom. The first-order valence-corrected chi connectivity index (χ1v) is 10.9. The van der Waals surface area contributed by atoms with Crippen LogP contribution in [0.15, 0.2) is 0 Å². The van der Waals surface area contributed by atoms with Crippen LogP contribution in [0.25, 0.3) is 0 Å². The van der Waals surface area contributed by atoms with Gasteiger partial charge in [0, 0.05) is 0 Å². The normalized spacial score (nSPS) is 3.78. The summed E-state index contributed by atoms with van der Waals surface area (Å²) in [6.07, 6.45) is 0. The van der Waals surface area contributed by atoms with Crippen LogP contribution < -0.4 is 0 Å². The molecule has 0 fully saturated rings. The molecule has 0 unspecified atom stereocenters. The molecule has 0 heterocycles. The van der Waals surface area contributed by atoms with E-state index in [0.29, 0.717) is 0 Å². The van der Waals surface area contributed by atoms with E-state index in [9.17, 15) is 0 Å². The van der Waals surface area contributed by atoms with Crippen molar-refractivity contribution >= 4 is 86.0 Å². The third-order valence-electron chi connectivity index (χ3n) is 0. The maximum atomic E-state index is 2.22. The molecule has 0 aliphatic carbocycles. The minimum absolute atomic E-state index is 0. The van der Waals surface area contributed by atoms with Gasteiger partial charge in [0.2, 0.25) is 0 Å². The number of rotatable bonds is 0. The molecule has 0 aromatic carbocycles. The van der Waals surface area contributed by atoms with Gasteiger partial charge in [-0.2, -0.15) is 0 Å². The van der Waals surface area contributed by atoms with Crippen LogP contribution in [0.3, 0.4) is 0 Å². The van der Waals surface area contributed by atoms with Crippen molar-refractivity contribution in [3.63, 3.8) is 0 Å². The fourth-order valence-corrected chi connectivity index (χ4v) is 0. The number of hydrogen-bond acceptors (Lipinski definition) is 0. The summed E-state index contributed by atoms with van der Waals surface area (Å²) in [5.41, 5.74) is 0. The molecular formula is C4H17Cl3In2. The molecule has 5 heteroatoms. The molecular weight excluding hydrogens is 384 g/mol. The van der Waals surface area contributed by atoms with Crippen LogP contribution in [-0.4, -0.2) is 48.7 Å². The van der Waals surface area contributed by atoms with Crippen LogP contribution in [0.5, 0.6) is 0 Å². The van der Waals surface area contributed by atoms with Crippen LogP contribution >= 0.6 is 37.2 Å². The molecule has 0 spiro atoms. The topological polar surface area (TPSA) is 0 Å². The van der Waals surface area contributed by atoms with E-state index >= 15 is 0 Å². The minimum Gasteiger partial charge on any atom is -0.147 e. The number of halogens is 3. The summed E-state index contributed by atoms with van der Waals surface area (Å²) in [7, 11) is 0. The van der Waals surface area contributed by atoms with E-state index in [1.54, 1.807) is 0 Å². The predicted molar refractivity (Wildman–Crippen MR) is 59.8 cm³/mol. The molecule has 0 saturated carbocycles. The zero-order valence-corrected chi connectivity index (χ0v) is 20.5. The average Bonchev–Trinajstić information content (AvgIpc) is 1.39. The third kappa shape index (κ3) is 115. The van der Waals surface area contributed by atoms with Crippen molar-refractivity contribution in [3.8, 4) is 0 Å². The molecule has 0 atom stereocenters. The van der Waals surface area contributed by atoms with Crippen molar-refractivity contribution in [2.75, 3.05) is 0 Å². The summed E-state index contributed by atoms with van der Waals surface area (Å²) in [6, 6.07) is 0. The zero-order valence-electron chi connectivity index (χ0n) is 6.64. The molecule has 0 bridgehead atoms. The maximum Gasteiger partial charge on any atom is -0.147 e. The van der Waals surface area contributed by atoms with Gasteiger partial charge >= 0.3 is 71.0 Å². The van der Waals surface area contributed by atoms with E-state index in [1.807, 2.05) is 0 Å². The van der Waals surface area contributed by atoms with Crippen molar-refractivity contribution < 1.29 is 0 Å². The standard InChI is InChI=1S/2C2H5.3ClH.2In.4H/c2*1-2;;;;;;;;;/h2*1H2,2H3;3*1H;;;;;;. The van der Waals surface area contributed by atoms with E-state index in [2.05, 4.69) is 13.8 Å². The van der Waals surface area contributed by atoms with Gasteiger partial charge in [0.25, 0.3) is 0 Å². The quantitative estimate of drug-likeness (QED) is 0.576. The van der Waals surface area contributed by atoms with Crippen LogP contribution in [-0.2, 0) is 0 Å². The van der Waals surface area contributed by atoms with Crippen LogP contribution in [0.4, 0.5) is 0 Å². The van der Waals surface area contributed by atoms with Gasteiger partial charge in [-0.05, 0) is 0 Å². The van der Waals surface area contributed by atoms with Gasteiger partial charge in [0.05, 0.1) is 0 Å². The van der Waals surface area contributed by atoms with E-state index in [-0.39, 0.29) is 37.2 Å². The first-order chi connectivity index (χ1) is 2.83. The van der Waals surface area contributed by atoms with E-state index in [4.69, 9.17) is 0 Å². The summed E-state index contributed by atoms with van der Waals surface area (Å²) in [6.45, 7) is 4.44. The fourth-order valence-electron chi connectivity index (χ4n) is 0. The summed E-state index contributed by atoms with van der Waals surface area (Å²) >= 11 is 1.96. The van der Waals surface area contributed by atoms with Crippen LogP contribution in [0, 0.1) is 0 Å². The Morgan fingerprint density at radius 3 is 0.778 bits per heavy atom. The molecule has 0 N–H and O–H groups in total. The molecule has 9 heavy (non-hydrogen) atoms. The minimum atomic E-state index is 0. The molecule has 0 saturated heterocycles. The van der Waals surface area contributed by atoms with Crippen LogP contribution in [0.1, 0.15) is 13.8 Å². The molecule has 0 rings (SSSR count). The fraction of sp³-hybridized carbons (Fsp3) is 1.00. The van der Waals surface area contributed by atoms with E-state index < -0.39 is 0 Å². The van der Waals surface area contributed by atoms with Crippen molar-refractivity contribution in [2.45, 2.75) is 22.2 Å². The molecule has 60 valence electrons. The molecule has 0 aromatic rings. The maximum absolute atomic E-state index is 2.22. The molecule has 0 radical (unpaired) electrons. The SMILES string of the molecule is C[CH2][InH2].C[CH2][InH2].Cl.Cl.Cl. The zero-order chi connectivity index (χ0) is 5.41. The molecule has 0 aliphatic heterocycles. The predicted octanol–water partition coefficient (Wildman–Crippen LogP) is 1.38. The second-order valence-corrected chi connectivity index (χ2v) is 9.49. The first kappa shape index (κ1) is 29.9. The Hall–Kier alpha value is 2.61. The van der Waals surface area contributed by atoms with Gasteiger partial charge in [-0.3, -0.25) is 0 Å². The van der Waals surface area contributed by atoms with E-state index in [1.165, 1.54) is 8.35 Å². The second-order valence-electron chi connectivity index (χ2n) is 1.41. The van der Waals surface area contributed by atoms with Crippen molar-refractivity contribution in [1.82, 2.24) is 0 Å². The van der Waals surface area contributed by atoms with Gasteiger partial charge in [-0.1, -0.05) is 0 Å². The van der Waals surface area contributed by atoms with Crippen LogP contribution in [0.2, 0.25) is 8.35 Å². The van der Waals surface area contributed by atoms with Gasteiger partial charge < -0.3 is 0 Å². The van der Waals surface area contributed by atoms with E-state index in [0.717, 1.165) is 48.7 Å². The summed E-state index contributed by atoms with van der Waals surface area (Å²) in [5, 5.41) is 0. The number of hydrogen-bond donors (Lipinski definition) is 0. The smallest absolute Gasteiger partial charge is 0.147 e. The Labute approximate surface area is 107 Å².